The highest BCUT2D eigenvalue weighted by Gasteiger charge is 2.18. The van der Waals surface area contributed by atoms with Gasteiger partial charge in [0, 0.05) is 23.6 Å². The van der Waals surface area contributed by atoms with Crippen molar-refractivity contribution in [3.8, 4) is 6.07 Å². The quantitative estimate of drug-likeness (QED) is 0.852. The molecule has 0 radical (unpaired) electrons. The fourth-order valence-corrected chi connectivity index (χ4v) is 3.75. The van der Waals surface area contributed by atoms with E-state index in [0.717, 1.165) is 46.7 Å². The Balaban J connectivity index is 1.98. The lowest BCUT2D eigenvalue weighted by atomic mass is 10.2. The van der Waals surface area contributed by atoms with Gasteiger partial charge in [0.25, 0.3) is 0 Å². The van der Waals surface area contributed by atoms with E-state index < -0.39 is 0 Å². The van der Waals surface area contributed by atoms with Crippen LogP contribution < -0.4 is 0 Å². The minimum absolute atomic E-state index is 0.636. The van der Waals surface area contributed by atoms with Crippen LogP contribution >= 0.6 is 11.8 Å². The molecule has 6 heteroatoms. The summed E-state index contributed by atoms with van der Waals surface area (Å²) in [6, 6.07) is 4.21. The van der Waals surface area contributed by atoms with Crippen molar-refractivity contribution in [2.75, 3.05) is 0 Å². The predicted octanol–water partition coefficient (Wildman–Crippen LogP) is 3.04. The van der Waals surface area contributed by atoms with E-state index in [1.807, 2.05) is 19.9 Å². The topological polar surface area (TPSA) is 67.4 Å². The van der Waals surface area contributed by atoms with Crippen molar-refractivity contribution in [3.63, 3.8) is 0 Å². The third-order valence-electron chi connectivity index (χ3n) is 3.68. The molecule has 1 aliphatic rings. The van der Waals surface area contributed by atoms with E-state index in [1.165, 1.54) is 24.6 Å². The molecule has 0 aliphatic carbocycles. The van der Waals surface area contributed by atoms with E-state index in [0.29, 0.717) is 5.56 Å². The van der Waals surface area contributed by atoms with Gasteiger partial charge in [-0.15, -0.1) is 10.2 Å². The Bertz CT molecular complexity index is 714. The second kappa shape index (κ2) is 5.86. The third-order valence-corrected chi connectivity index (χ3v) is 4.71. The van der Waals surface area contributed by atoms with E-state index in [2.05, 4.69) is 25.8 Å². The first-order chi connectivity index (χ1) is 10.2. The van der Waals surface area contributed by atoms with Gasteiger partial charge in [-0.25, -0.2) is 0 Å². The molecule has 0 atom stereocenters. The maximum absolute atomic E-state index is 9.36. The SMILES string of the molecule is Cc1cc(Sc2nnc3n2CCCCC3)c(C#N)c(C)n1. The highest BCUT2D eigenvalue weighted by Crippen LogP contribution is 2.32. The fraction of sp³-hybridized carbons (Fsp3) is 0.467. The zero-order valence-electron chi connectivity index (χ0n) is 12.3. The first kappa shape index (κ1) is 14.1. The lowest BCUT2D eigenvalue weighted by Gasteiger charge is -2.09. The zero-order valence-corrected chi connectivity index (χ0v) is 13.1. The Kier molecular flexibility index (Phi) is 3.93. The molecule has 0 saturated carbocycles. The monoisotopic (exact) mass is 299 g/mol. The summed E-state index contributed by atoms with van der Waals surface area (Å²) in [7, 11) is 0. The normalized spacial score (nSPS) is 14.3. The molecule has 21 heavy (non-hydrogen) atoms. The lowest BCUT2D eigenvalue weighted by molar-refractivity contribution is 0.591. The van der Waals surface area contributed by atoms with Gasteiger partial charge < -0.3 is 4.57 Å². The minimum atomic E-state index is 0.636. The van der Waals surface area contributed by atoms with Crippen molar-refractivity contribution in [2.24, 2.45) is 0 Å². The minimum Gasteiger partial charge on any atom is -0.306 e. The second-order valence-electron chi connectivity index (χ2n) is 5.30. The molecule has 1 aliphatic heterocycles. The number of nitriles is 1. The average Bonchev–Trinajstić information content (AvgIpc) is 2.68. The van der Waals surface area contributed by atoms with Crippen LogP contribution in [0.15, 0.2) is 16.1 Å². The van der Waals surface area contributed by atoms with Gasteiger partial charge in [-0.1, -0.05) is 6.42 Å². The molecule has 0 fully saturated rings. The smallest absolute Gasteiger partial charge is 0.196 e. The molecule has 0 unspecified atom stereocenters. The molecule has 3 heterocycles. The lowest BCUT2D eigenvalue weighted by Crippen LogP contribution is -2.02. The molecule has 0 aromatic carbocycles. The Morgan fingerprint density at radius 2 is 2.10 bits per heavy atom. The van der Waals surface area contributed by atoms with Gasteiger partial charge >= 0.3 is 0 Å². The molecule has 5 nitrogen and oxygen atoms in total. The van der Waals surface area contributed by atoms with Gasteiger partial charge in [0.15, 0.2) is 5.16 Å². The Hall–Kier alpha value is -1.87. The summed E-state index contributed by atoms with van der Waals surface area (Å²) in [6.07, 6.45) is 4.58. The highest BCUT2D eigenvalue weighted by atomic mass is 32.2. The number of pyridine rings is 1. The van der Waals surface area contributed by atoms with Gasteiger partial charge in [-0.05, 0) is 44.5 Å². The molecule has 108 valence electrons. The van der Waals surface area contributed by atoms with Crippen LogP contribution in [0, 0.1) is 25.2 Å². The van der Waals surface area contributed by atoms with Crippen LogP contribution in [0.5, 0.6) is 0 Å². The molecule has 3 rings (SSSR count). The molecule has 2 aromatic heterocycles. The molecule has 0 N–H and O–H groups in total. The van der Waals surface area contributed by atoms with E-state index in [1.54, 1.807) is 0 Å². The van der Waals surface area contributed by atoms with Gasteiger partial charge in [0.1, 0.15) is 11.9 Å². The van der Waals surface area contributed by atoms with Crippen LogP contribution in [0.1, 0.15) is 42.0 Å². The Morgan fingerprint density at radius 3 is 2.90 bits per heavy atom. The van der Waals surface area contributed by atoms with Crippen LogP contribution in [0.4, 0.5) is 0 Å². The van der Waals surface area contributed by atoms with Gasteiger partial charge in [0.05, 0.1) is 11.3 Å². The van der Waals surface area contributed by atoms with Crippen molar-refractivity contribution in [3.05, 3.63) is 28.8 Å². The predicted molar refractivity (Wildman–Crippen MR) is 80.1 cm³/mol. The number of fused-ring (bicyclic) bond motifs is 1. The summed E-state index contributed by atoms with van der Waals surface area (Å²) in [6.45, 7) is 4.79. The maximum Gasteiger partial charge on any atom is 0.196 e. The first-order valence-corrected chi connectivity index (χ1v) is 7.99. The number of aryl methyl sites for hydroxylation is 3. The number of rotatable bonds is 2. The molecule has 0 spiro atoms. The van der Waals surface area contributed by atoms with E-state index in [-0.39, 0.29) is 0 Å². The summed E-state index contributed by atoms with van der Waals surface area (Å²) in [5.74, 6) is 1.07. The highest BCUT2D eigenvalue weighted by molar-refractivity contribution is 7.99. The molecule has 0 saturated heterocycles. The number of hydrogen-bond donors (Lipinski definition) is 0. The van der Waals surface area contributed by atoms with Crippen molar-refractivity contribution in [2.45, 2.75) is 56.1 Å². The molecule has 0 amide bonds. The maximum atomic E-state index is 9.36. The summed E-state index contributed by atoms with van der Waals surface area (Å²) >= 11 is 1.52. The molecular formula is C15H17N5S. The Morgan fingerprint density at radius 1 is 1.24 bits per heavy atom. The van der Waals surface area contributed by atoms with E-state index >= 15 is 0 Å². The zero-order chi connectivity index (χ0) is 14.8. The number of hydrogen-bond acceptors (Lipinski definition) is 5. The van der Waals surface area contributed by atoms with Crippen molar-refractivity contribution < 1.29 is 0 Å². The van der Waals surface area contributed by atoms with Crippen molar-refractivity contribution in [1.29, 1.82) is 5.26 Å². The van der Waals surface area contributed by atoms with Crippen LogP contribution in [-0.2, 0) is 13.0 Å². The first-order valence-electron chi connectivity index (χ1n) is 7.17. The molecule has 0 bridgehead atoms. The average molecular weight is 299 g/mol. The fourth-order valence-electron chi connectivity index (χ4n) is 2.64. The molecular weight excluding hydrogens is 282 g/mol. The van der Waals surface area contributed by atoms with Gasteiger partial charge in [-0.3, -0.25) is 4.98 Å². The molecule has 2 aromatic rings. The van der Waals surface area contributed by atoms with Crippen LogP contribution in [0.2, 0.25) is 0 Å². The van der Waals surface area contributed by atoms with Crippen LogP contribution in [-0.4, -0.2) is 19.7 Å². The van der Waals surface area contributed by atoms with Crippen molar-refractivity contribution in [1.82, 2.24) is 19.7 Å². The summed E-state index contributed by atoms with van der Waals surface area (Å²) in [5.41, 5.74) is 2.33. The largest absolute Gasteiger partial charge is 0.306 e. The Labute approximate surface area is 128 Å². The van der Waals surface area contributed by atoms with E-state index in [9.17, 15) is 5.26 Å². The van der Waals surface area contributed by atoms with Crippen molar-refractivity contribution >= 4 is 11.8 Å². The van der Waals surface area contributed by atoms with Crippen LogP contribution in [0.25, 0.3) is 0 Å². The van der Waals surface area contributed by atoms with Gasteiger partial charge in [0.2, 0.25) is 0 Å². The van der Waals surface area contributed by atoms with Gasteiger partial charge in [-0.2, -0.15) is 5.26 Å². The summed E-state index contributed by atoms with van der Waals surface area (Å²) in [4.78, 5) is 5.28. The standard InChI is InChI=1S/C15H17N5S/c1-10-8-13(12(9-16)11(2)17-10)21-15-19-18-14-6-4-3-5-7-20(14)15/h8H,3-7H2,1-2H3. The number of nitrogens with zero attached hydrogens (tertiary/aromatic N) is 5. The summed E-state index contributed by atoms with van der Waals surface area (Å²) < 4.78 is 2.20. The van der Waals surface area contributed by atoms with Crippen LogP contribution in [0.3, 0.4) is 0 Å². The summed E-state index contributed by atoms with van der Waals surface area (Å²) in [5, 5.41) is 18.9. The second-order valence-corrected chi connectivity index (χ2v) is 6.31. The third kappa shape index (κ3) is 2.79. The van der Waals surface area contributed by atoms with E-state index in [4.69, 9.17) is 0 Å². The number of aromatic nitrogens is 4.